The van der Waals surface area contributed by atoms with Gasteiger partial charge in [0.05, 0.1) is 43.9 Å². The molecule has 1 aromatic heterocycles. The van der Waals surface area contributed by atoms with Gasteiger partial charge in [0.25, 0.3) is 17.7 Å². The monoisotopic (exact) mass is 620 g/mol. The number of esters is 2. The van der Waals surface area contributed by atoms with Crippen molar-refractivity contribution in [3.63, 3.8) is 0 Å². The summed E-state index contributed by atoms with van der Waals surface area (Å²) < 4.78 is 9.97. The molecule has 4 rings (SSSR count). The molecule has 0 unspecified atom stereocenters. The largest absolute Gasteiger partial charge is 0.465 e. The number of methoxy groups -OCH3 is 1. The van der Waals surface area contributed by atoms with Gasteiger partial charge in [-0.25, -0.2) is 9.59 Å². The third-order valence-corrected chi connectivity index (χ3v) is 9.33. The fourth-order valence-electron chi connectivity index (χ4n) is 4.40. The van der Waals surface area contributed by atoms with Crippen LogP contribution in [0.25, 0.3) is 0 Å². The van der Waals surface area contributed by atoms with Crippen LogP contribution in [0.5, 0.6) is 0 Å². The maximum absolute atomic E-state index is 12.9. The van der Waals surface area contributed by atoms with Crippen LogP contribution in [0.15, 0.2) is 0 Å². The number of rotatable bonds is 6. The van der Waals surface area contributed by atoms with Crippen molar-refractivity contribution >= 4 is 92.4 Å². The van der Waals surface area contributed by atoms with Gasteiger partial charge in [0, 0.05) is 4.88 Å². The molecule has 1 aliphatic heterocycles. The third-order valence-electron chi connectivity index (χ3n) is 6.36. The van der Waals surface area contributed by atoms with Crippen molar-refractivity contribution < 1.29 is 33.4 Å². The summed E-state index contributed by atoms with van der Waals surface area (Å²) in [6.07, 6.45) is 2.37. The number of benzene rings is 1. The predicted octanol–water partition coefficient (Wildman–Crippen LogP) is 5.44. The highest BCUT2D eigenvalue weighted by Crippen LogP contribution is 2.45. The van der Waals surface area contributed by atoms with Gasteiger partial charge in [0.15, 0.2) is 6.61 Å². The zero-order valence-electron chi connectivity index (χ0n) is 20.2. The van der Waals surface area contributed by atoms with Gasteiger partial charge in [-0.2, -0.15) is 0 Å². The van der Waals surface area contributed by atoms with E-state index in [1.54, 1.807) is 0 Å². The first-order chi connectivity index (χ1) is 17.9. The van der Waals surface area contributed by atoms with Crippen molar-refractivity contribution in [2.45, 2.75) is 39.2 Å². The number of nitrogens with zero attached hydrogens (tertiary/aromatic N) is 1. The molecule has 1 aliphatic carbocycles. The van der Waals surface area contributed by atoms with Crippen LogP contribution in [0, 0.1) is 5.92 Å². The fourth-order valence-corrected chi connectivity index (χ4v) is 6.83. The van der Waals surface area contributed by atoms with E-state index in [2.05, 4.69) is 12.2 Å². The van der Waals surface area contributed by atoms with E-state index < -0.39 is 42.3 Å². The van der Waals surface area contributed by atoms with Crippen molar-refractivity contribution in [1.82, 2.24) is 4.90 Å². The second kappa shape index (κ2) is 11.0. The number of carbonyl (C=O) groups excluding carboxylic acids is 5. The summed E-state index contributed by atoms with van der Waals surface area (Å²) in [5.41, 5.74) is 0.591. The van der Waals surface area contributed by atoms with Gasteiger partial charge < -0.3 is 14.8 Å². The Balaban J connectivity index is 1.46. The molecule has 0 bridgehead atoms. The molecule has 2 aromatic rings. The van der Waals surface area contributed by atoms with Gasteiger partial charge in [-0.05, 0) is 37.7 Å². The molecule has 0 saturated carbocycles. The van der Waals surface area contributed by atoms with Crippen molar-refractivity contribution in [2.75, 3.05) is 19.0 Å². The molecule has 0 spiro atoms. The van der Waals surface area contributed by atoms with Crippen molar-refractivity contribution in [2.24, 2.45) is 5.92 Å². The number of thiophene rings is 1. The van der Waals surface area contributed by atoms with Crippen molar-refractivity contribution in [3.05, 3.63) is 47.2 Å². The van der Waals surface area contributed by atoms with Crippen LogP contribution < -0.4 is 5.32 Å². The Hall–Kier alpha value is -2.37. The van der Waals surface area contributed by atoms with Gasteiger partial charge in [0.2, 0.25) is 0 Å². The van der Waals surface area contributed by atoms with Crippen molar-refractivity contribution in [3.8, 4) is 0 Å². The Morgan fingerprint density at radius 3 is 2.18 bits per heavy atom. The van der Waals surface area contributed by atoms with E-state index in [-0.39, 0.29) is 31.2 Å². The fraction of sp³-hybridized carbons (Fsp3) is 0.375. The van der Waals surface area contributed by atoms with Crippen molar-refractivity contribution in [1.29, 1.82) is 0 Å². The summed E-state index contributed by atoms with van der Waals surface area (Å²) in [6, 6.07) is -1.43. The normalized spacial score (nSPS) is 17.1. The number of imide groups is 1. The molecule has 9 nitrogen and oxygen atoms in total. The molecule has 14 heteroatoms. The molecule has 2 heterocycles. The molecule has 1 aromatic carbocycles. The van der Waals surface area contributed by atoms with E-state index in [4.69, 9.17) is 55.9 Å². The van der Waals surface area contributed by atoms with Crippen LogP contribution in [0.4, 0.5) is 5.00 Å². The molecule has 2 aliphatic rings. The first-order valence-corrected chi connectivity index (χ1v) is 13.6. The maximum atomic E-state index is 12.9. The number of amides is 3. The second-order valence-electron chi connectivity index (χ2n) is 8.87. The Labute approximate surface area is 241 Å². The summed E-state index contributed by atoms with van der Waals surface area (Å²) in [5, 5.41) is 1.96. The first kappa shape index (κ1) is 28.6. The van der Waals surface area contributed by atoms with E-state index in [1.165, 1.54) is 25.4 Å². The summed E-state index contributed by atoms with van der Waals surface area (Å²) in [5.74, 6) is -3.70. The molecule has 38 heavy (non-hydrogen) atoms. The third kappa shape index (κ3) is 4.88. The number of ether oxygens (including phenoxy) is 2. The van der Waals surface area contributed by atoms with E-state index in [0.717, 1.165) is 23.3 Å². The topological polar surface area (TPSA) is 119 Å². The standard InChI is InChI=1S/C24H20Cl4N2O7S/c1-8-4-5-10-11(6-8)38-20(13(10)24(35)36-3)29-12(31)7-37-23(34)9(2)30-21(32)14-15(22(30)33)17(26)19(28)18(27)16(14)25/h8-9H,4-7H2,1-3H3,(H,29,31)/t8-,9-/m0/s1. The predicted molar refractivity (Wildman–Crippen MR) is 143 cm³/mol. The Morgan fingerprint density at radius 1 is 1.05 bits per heavy atom. The molecule has 202 valence electrons. The first-order valence-electron chi connectivity index (χ1n) is 11.3. The van der Waals surface area contributed by atoms with E-state index in [1.807, 2.05) is 0 Å². The maximum Gasteiger partial charge on any atom is 0.341 e. The minimum Gasteiger partial charge on any atom is -0.465 e. The number of nitrogens with one attached hydrogen (secondary N) is 1. The molecule has 3 amide bonds. The number of hydrogen-bond acceptors (Lipinski definition) is 8. The van der Waals surface area contributed by atoms with Crippen LogP contribution >= 0.6 is 57.7 Å². The number of fused-ring (bicyclic) bond motifs is 2. The Kier molecular flexibility index (Phi) is 8.30. The lowest BCUT2D eigenvalue weighted by Gasteiger charge is -2.20. The van der Waals surface area contributed by atoms with Gasteiger partial charge in [0.1, 0.15) is 11.0 Å². The number of hydrogen-bond donors (Lipinski definition) is 1. The summed E-state index contributed by atoms with van der Waals surface area (Å²) >= 11 is 25.5. The molecule has 2 atom stereocenters. The number of halogens is 4. The second-order valence-corrected chi connectivity index (χ2v) is 11.5. The molecular weight excluding hydrogens is 602 g/mol. The van der Waals surface area contributed by atoms with Crippen LogP contribution in [-0.2, 0) is 31.9 Å². The van der Waals surface area contributed by atoms with Gasteiger partial charge in [-0.1, -0.05) is 53.3 Å². The highest BCUT2D eigenvalue weighted by Gasteiger charge is 2.45. The van der Waals surface area contributed by atoms with E-state index in [9.17, 15) is 24.0 Å². The highest BCUT2D eigenvalue weighted by molar-refractivity contribution is 7.17. The Bertz CT molecular complexity index is 1360. The average Bonchev–Trinajstić information content (AvgIpc) is 3.36. The van der Waals surface area contributed by atoms with Crippen LogP contribution in [0.1, 0.15) is 61.8 Å². The quantitative estimate of drug-likeness (QED) is 0.197. The minimum absolute atomic E-state index is 0.206. The molecular formula is C24H20Cl4N2O7S. The molecule has 0 radical (unpaired) electrons. The summed E-state index contributed by atoms with van der Waals surface area (Å²) in [4.78, 5) is 65.3. The lowest BCUT2D eigenvalue weighted by Crippen LogP contribution is -2.44. The van der Waals surface area contributed by atoms with Crippen LogP contribution in [0.3, 0.4) is 0 Å². The molecule has 1 N–H and O–H groups in total. The smallest absolute Gasteiger partial charge is 0.341 e. The zero-order chi connectivity index (χ0) is 28.0. The highest BCUT2D eigenvalue weighted by atomic mass is 35.5. The minimum atomic E-state index is -1.43. The van der Waals surface area contributed by atoms with Gasteiger partial charge >= 0.3 is 11.9 Å². The number of anilines is 1. The molecule has 0 saturated heterocycles. The van der Waals surface area contributed by atoms with Gasteiger partial charge in [-0.15, -0.1) is 11.3 Å². The Morgan fingerprint density at radius 2 is 1.63 bits per heavy atom. The van der Waals surface area contributed by atoms with Crippen LogP contribution in [-0.4, -0.2) is 54.3 Å². The van der Waals surface area contributed by atoms with E-state index in [0.29, 0.717) is 27.8 Å². The number of carbonyl (C=O) groups is 5. The lowest BCUT2D eigenvalue weighted by molar-refractivity contribution is -0.150. The lowest BCUT2D eigenvalue weighted by atomic mass is 9.88. The van der Waals surface area contributed by atoms with E-state index >= 15 is 0 Å². The SMILES string of the molecule is COC(=O)c1c(NC(=O)COC(=O)[C@H](C)N2C(=O)c3c(Cl)c(Cl)c(Cl)c(Cl)c3C2=O)sc2c1CC[C@H](C)C2. The zero-order valence-corrected chi connectivity index (χ0v) is 24.0. The molecule has 0 fully saturated rings. The van der Waals surface area contributed by atoms with Crippen LogP contribution in [0.2, 0.25) is 20.1 Å². The average molecular weight is 622 g/mol. The summed E-state index contributed by atoms with van der Waals surface area (Å²) in [7, 11) is 1.26. The summed E-state index contributed by atoms with van der Waals surface area (Å²) in [6.45, 7) is 2.63. The van der Waals surface area contributed by atoms with Gasteiger partial charge in [-0.3, -0.25) is 19.3 Å².